The van der Waals surface area contributed by atoms with Crippen molar-refractivity contribution in [3.05, 3.63) is 70.1 Å². The molecule has 0 aliphatic heterocycles. The van der Waals surface area contributed by atoms with Crippen molar-refractivity contribution in [3.8, 4) is 17.0 Å². The van der Waals surface area contributed by atoms with E-state index in [1.54, 1.807) is 24.6 Å². The molecule has 1 N–H and O–H groups in total. The maximum absolute atomic E-state index is 14.1. The molecule has 0 fully saturated rings. The van der Waals surface area contributed by atoms with Gasteiger partial charge in [-0.1, -0.05) is 0 Å². The molecule has 0 radical (unpaired) electrons. The standard InChI is InChI=1S/C18H14ClF2NO2S/c1-24-13-5-2-11(3-6-13)16-9-25-17(22-16)18(23,10-19)14-7-4-12(20)8-15(14)21/h2-9,23H,10H2,1H3. The van der Waals surface area contributed by atoms with Crippen LogP contribution in [0.3, 0.4) is 0 Å². The molecule has 0 saturated carbocycles. The van der Waals surface area contributed by atoms with Crippen LogP contribution in [0.5, 0.6) is 5.75 Å². The van der Waals surface area contributed by atoms with Gasteiger partial charge in [0, 0.05) is 22.6 Å². The van der Waals surface area contributed by atoms with Crippen molar-refractivity contribution in [2.75, 3.05) is 13.0 Å². The highest BCUT2D eigenvalue weighted by Crippen LogP contribution is 2.36. The summed E-state index contributed by atoms with van der Waals surface area (Å²) < 4.78 is 32.4. The van der Waals surface area contributed by atoms with E-state index < -0.39 is 17.2 Å². The van der Waals surface area contributed by atoms with Crippen molar-refractivity contribution in [3.63, 3.8) is 0 Å². The largest absolute Gasteiger partial charge is 0.497 e. The number of nitrogens with zero attached hydrogens (tertiary/aromatic N) is 1. The Hall–Kier alpha value is -2.02. The van der Waals surface area contributed by atoms with Gasteiger partial charge in [0.05, 0.1) is 18.7 Å². The third kappa shape index (κ3) is 3.38. The Kier molecular flexibility index (Phi) is 5.03. The minimum absolute atomic E-state index is 0.112. The number of rotatable bonds is 5. The van der Waals surface area contributed by atoms with Crippen molar-refractivity contribution < 1.29 is 18.6 Å². The second-order valence-corrected chi connectivity index (χ2v) is 6.51. The summed E-state index contributed by atoms with van der Waals surface area (Å²) in [6.07, 6.45) is 0. The summed E-state index contributed by atoms with van der Waals surface area (Å²) in [7, 11) is 1.58. The lowest BCUT2D eigenvalue weighted by atomic mass is 9.96. The molecule has 1 atom stereocenters. The lowest BCUT2D eigenvalue weighted by Crippen LogP contribution is -2.30. The Balaban J connectivity index is 2.00. The smallest absolute Gasteiger partial charge is 0.157 e. The normalized spacial score (nSPS) is 13.5. The summed E-state index contributed by atoms with van der Waals surface area (Å²) in [5.41, 5.74) is -0.512. The number of aliphatic hydroxyl groups is 1. The zero-order chi connectivity index (χ0) is 18.0. The van der Waals surface area contributed by atoms with E-state index in [4.69, 9.17) is 16.3 Å². The summed E-state index contributed by atoms with van der Waals surface area (Å²) >= 11 is 7.08. The van der Waals surface area contributed by atoms with Crippen molar-refractivity contribution >= 4 is 22.9 Å². The molecule has 1 heterocycles. The fourth-order valence-electron chi connectivity index (χ4n) is 2.43. The van der Waals surface area contributed by atoms with E-state index in [2.05, 4.69) is 4.98 Å². The maximum Gasteiger partial charge on any atom is 0.157 e. The van der Waals surface area contributed by atoms with Crippen LogP contribution in [0.2, 0.25) is 0 Å². The number of benzene rings is 2. The van der Waals surface area contributed by atoms with Crippen LogP contribution in [0.1, 0.15) is 10.6 Å². The number of hydrogen-bond acceptors (Lipinski definition) is 4. The molecule has 0 saturated heterocycles. The Labute approximate surface area is 152 Å². The fourth-order valence-corrected chi connectivity index (χ4v) is 3.72. The van der Waals surface area contributed by atoms with Gasteiger partial charge in [0.2, 0.25) is 0 Å². The van der Waals surface area contributed by atoms with Crippen LogP contribution in [-0.2, 0) is 5.60 Å². The Morgan fingerprint density at radius 3 is 2.52 bits per heavy atom. The molecule has 3 rings (SSSR count). The molecule has 3 aromatic rings. The van der Waals surface area contributed by atoms with Crippen molar-refractivity contribution in [2.45, 2.75) is 5.60 Å². The van der Waals surface area contributed by atoms with E-state index in [1.165, 1.54) is 6.07 Å². The number of hydrogen-bond donors (Lipinski definition) is 1. The van der Waals surface area contributed by atoms with Crippen LogP contribution in [0.25, 0.3) is 11.3 Å². The first kappa shape index (κ1) is 17.8. The van der Waals surface area contributed by atoms with Crippen LogP contribution in [0.15, 0.2) is 47.8 Å². The van der Waals surface area contributed by atoms with Gasteiger partial charge in [0.15, 0.2) is 5.60 Å². The van der Waals surface area contributed by atoms with Gasteiger partial charge in [0.1, 0.15) is 22.4 Å². The first-order valence-electron chi connectivity index (χ1n) is 7.32. The zero-order valence-corrected chi connectivity index (χ0v) is 14.7. The Morgan fingerprint density at radius 2 is 1.92 bits per heavy atom. The van der Waals surface area contributed by atoms with Gasteiger partial charge in [-0.05, 0) is 36.4 Å². The number of ether oxygens (including phenoxy) is 1. The zero-order valence-electron chi connectivity index (χ0n) is 13.2. The summed E-state index contributed by atoms with van der Waals surface area (Å²) in [6.45, 7) is 0. The van der Waals surface area contributed by atoms with Crippen LogP contribution in [0, 0.1) is 11.6 Å². The molecule has 1 aromatic heterocycles. The summed E-state index contributed by atoms with van der Waals surface area (Å²) in [5.74, 6) is -1.20. The van der Waals surface area contributed by atoms with Crippen LogP contribution in [-0.4, -0.2) is 23.1 Å². The first-order valence-corrected chi connectivity index (χ1v) is 8.73. The van der Waals surface area contributed by atoms with Gasteiger partial charge in [-0.25, -0.2) is 13.8 Å². The molecule has 0 aliphatic carbocycles. The number of aromatic nitrogens is 1. The Morgan fingerprint density at radius 1 is 1.20 bits per heavy atom. The molecular weight excluding hydrogens is 368 g/mol. The lowest BCUT2D eigenvalue weighted by molar-refractivity contribution is 0.101. The summed E-state index contributed by atoms with van der Waals surface area (Å²) in [4.78, 5) is 4.40. The van der Waals surface area contributed by atoms with E-state index in [0.29, 0.717) is 17.5 Å². The van der Waals surface area contributed by atoms with E-state index >= 15 is 0 Å². The highest BCUT2D eigenvalue weighted by Gasteiger charge is 2.36. The third-order valence-electron chi connectivity index (χ3n) is 3.81. The molecule has 2 aromatic carbocycles. The molecule has 25 heavy (non-hydrogen) atoms. The summed E-state index contributed by atoms with van der Waals surface area (Å²) in [5, 5.41) is 12.9. The maximum atomic E-state index is 14.1. The third-order valence-corrected chi connectivity index (χ3v) is 5.19. The van der Waals surface area contributed by atoms with Gasteiger partial charge < -0.3 is 9.84 Å². The van der Waals surface area contributed by atoms with Gasteiger partial charge >= 0.3 is 0 Å². The predicted molar refractivity (Wildman–Crippen MR) is 94.2 cm³/mol. The molecule has 0 bridgehead atoms. The lowest BCUT2D eigenvalue weighted by Gasteiger charge is -2.24. The van der Waals surface area contributed by atoms with Gasteiger partial charge in [-0.2, -0.15) is 0 Å². The first-order chi connectivity index (χ1) is 12.0. The second-order valence-electron chi connectivity index (χ2n) is 5.38. The highest BCUT2D eigenvalue weighted by molar-refractivity contribution is 7.10. The number of methoxy groups -OCH3 is 1. The molecule has 130 valence electrons. The van der Waals surface area contributed by atoms with E-state index in [-0.39, 0.29) is 16.5 Å². The number of halogens is 3. The second kappa shape index (κ2) is 7.07. The van der Waals surface area contributed by atoms with Gasteiger partial charge in [-0.3, -0.25) is 0 Å². The molecule has 0 spiro atoms. The fraction of sp³-hybridized carbons (Fsp3) is 0.167. The minimum atomic E-state index is -1.84. The van der Waals surface area contributed by atoms with E-state index in [0.717, 1.165) is 23.0 Å². The molecule has 7 heteroatoms. The minimum Gasteiger partial charge on any atom is -0.497 e. The van der Waals surface area contributed by atoms with Crippen molar-refractivity contribution in [1.82, 2.24) is 4.98 Å². The average Bonchev–Trinajstić information content (AvgIpc) is 3.12. The van der Waals surface area contributed by atoms with Gasteiger partial charge in [0.25, 0.3) is 0 Å². The predicted octanol–water partition coefficient (Wildman–Crippen LogP) is 4.57. The molecule has 1 unspecified atom stereocenters. The van der Waals surface area contributed by atoms with Crippen molar-refractivity contribution in [2.24, 2.45) is 0 Å². The van der Waals surface area contributed by atoms with Gasteiger partial charge in [-0.15, -0.1) is 22.9 Å². The topological polar surface area (TPSA) is 42.4 Å². The van der Waals surface area contributed by atoms with E-state index in [1.807, 2.05) is 12.1 Å². The van der Waals surface area contributed by atoms with Crippen LogP contribution in [0.4, 0.5) is 8.78 Å². The van der Waals surface area contributed by atoms with Crippen molar-refractivity contribution in [1.29, 1.82) is 0 Å². The van der Waals surface area contributed by atoms with E-state index in [9.17, 15) is 13.9 Å². The molecule has 0 amide bonds. The summed E-state index contributed by atoms with van der Waals surface area (Å²) in [6, 6.07) is 10.2. The molecule has 3 nitrogen and oxygen atoms in total. The molecule has 0 aliphatic rings. The Bertz CT molecular complexity index is 885. The SMILES string of the molecule is COc1ccc(-c2csc(C(O)(CCl)c3ccc(F)cc3F)n2)cc1. The average molecular weight is 382 g/mol. The van der Waals surface area contributed by atoms with Crippen LogP contribution >= 0.6 is 22.9 Å². The van der Waals surface area contributed by atoms with Crippen LogP contribution < -0.4 is 4.74 Å². The quantitative estimate of drug-likeness (QED) is 0.658. The highest BCUT2D eigenvalue weighted by atomic mass is 35.5. The number of thiazole rings is 1. The number of alkyl halides is 1. The monoisotopic (exact) mass is 381 g/mol. The molecular formula is C18H14ClF2NO2S.